The summed E-state index contributed by atoms with van der Waals surface area (Å²) in [5.74, 6) is -0.477. The molecule has 7 heavy (non-hydrogen) atoms. The minimum Gasteiger partial charge on any atom is -0.243 e. The van der Waals surface area contributed by atoms with Crippen molar-refractivity contribution in [1.82, 2.24) is 0 Å². The molecule has 0 aliphatic heterocycles. The van der Waals surface area contributed by atoms with Gasteiger partial charge in [-0.3, -0.25) is 0 Å². The summed E-state index contributed by atoms with van der Waals surface area (Å²) in [7, 11) is 0. The number of carbonyl (C=O) groups is 1. The molecule has 0 aliphatic carbocycles. The first-order valence-electron chi connectivity index (χ1n) is 1.88. The van der Waals surface area contributed by atoms with Gasteiger partial charge in [-0.05, 0) is 5.01 Å². The van der Waals surface area contributed by atoms with Crippen molar-refractivity contribution in [3.05, 3.63) is 11.6 Å². The zero-order chi connectivity index (χ0) is 5.70. The van der Waals surface area contributed by atoms with Crippen LogP contribution < -0.4 is 0 Å². The van der Waals surface area contributed by atoms with Crippen LogP contribution in [0.5, 0.6) is 0 Å². The van der Waals surface area contributed by atoms with Crippen molar-refractivity contribution in [2.75, 3.05) is 0 Å². The topological polar surface area (TPSA) is 30.7 Å². The molecule has 0 aromatic heterocycles. The van der Waals surface area contributed by atoms with Crippen LogP contribution in [0.3, 0.4) is 0 Å². The van der Waals surface area contributed by atoms with Gasteiger partial charge in [0.25, 0.3) is 0 Å². The Morgan fingerprint density at radius 3 is 2.71 bits per heavy atom. The van der Waals surface area contributed by atoms with Gasteiger partial charge in [0.05, 0.1) is 6.42 Å². The molecule has 0 unspecified atom stereocenters. The molecule has 3 heteroatoms. The number of rotatable bonds is 1. The molecule has 0 heterocycles. The molecular formula is C4H5NO2. The van der Waals surface area contributed by atoms with E-state index in [4.69, 9.17) is 6.57 Å². The summed E-state index contributed by atoms with van der Waals surface area (Å²) in [5.41, 5.74) is 0. The van der Waals surface area contributed by atoms with Crippen LogP contribution in [0.2, 0.25) is 0 Å². The van der Waals surface area contributed by atoms with Crippen molar-refractivity contribution in [1.29, 1.82) is 0 Å². The summed E-state index contributed by atoms with van der Waals surface area (Å²) in [6.45, 7) is 7.65. The highest BCUT2D eigenvalue weighted by Crippen LogP contribution is 1.81. The lowest BCUT2D eigenvalue weighted by Gasteiger charge is -1.76. The van der Waals surface area contributed by atoms with Crippen LogP contribution in [0.4, 0.5) is 0 Å². The first-order valence-corrected chi connectivity index (χ1v) is 1.88. The molecule has 0 amide bonds. The van der Waals surface area contributed by atoms with Crippen LogP contribution >= 0.6 is 0 Å². The van der Waals surface area contributed by atoms with E-state index in [0.29, 0.717) is 0 Å². The Kier molecular flexibility index (Phi) is 2.69. The van der Waals surface area contributed by atoms with Crippen LogP contribution in [-0.4, -0.2) is 5.97 Å². The fraction of sp³-hybridized carbons (Fsp3) is 0.500. The molecule has 3 nitrogen and oxygen atoms in total. The highest BCUT2D eigenvalue weighted by atomic mass is 16.7. The lowest BCUT2D eigenvalue weighted by Crippen LogP contribution is -1.92. The van der Waals surface area contributed by atoms with Gasteiger partial charge in [-0.25, -0.2) is 4.79 Å². The predicted octanol–water partition coefficient (Wildman–Crippen LogP) is 0.774. The average molecular weight is 99.1 g/mol. The Morgan fingerprint density at radius 1 is 2.00 bits per heavy atom. The van der Waals surface area contributed by atoms with Crippen molar-refractivity contribution >= 4 is 5.97 Å². The van der Waals surface area contributed by atoms with E-state index in [-0.39, 0.29) is 6.42 Å². The zero-order valence-corrected chi connectivity index (χ0v) is 3.97. The molecule has 0 bridgehead atoms. The average Bonchev–Trinajstić information content (AvgIpc) is 1.68. The maximum atomic E-state index is 9.98. The summed E-state index contributed by atoms with van der Waals surface area (Å²) in [6, 6.07) is 0. The number of nitrogens with zero attached hydrogens (tertiary/aromatic N) is 1. The van der Waals surface area contributed by atoms with Gasteiger partial charge in [0.15, 0.2) is 0 Å². The quantitative estimate of drug-likeness (QED) is 0.359. The van der Waals surface area contributed by atoms with E-state index in [2.05, 4.69) is 9.85 Å². The molecule has 0 N–H and O–H groups in total. The summed E-state index contributed by atoms with van der Waals surface area (Å²) >= 11 is 0. The normalized spacial score (nSPS) is 6.86. The number of hydrogen-bond donors (Lipinski definition) is 0. The Hall–Kier alpha value is -1.04. The van der Waals surface area contributed by atoms with E-state index in [1.54, 1.807) is 6.92 Å². The third kappa shape index (κ3) is 2.77. The van der Waals surface area contributed by atoms with Crippen LogP contribution in [0.1, 0.15) is 13.3 Å². The SMILES string of the molecule is [C-]#[N+]OC(=O)CC. The van der Waals surface area contributed by atoms with Gasteiger partial charge >= 0.3 is 5.97 Å². The second-order valence-electron chi connectivity index (χ2n) is 0.908. The van der Waals surface area contributed by atoms with Gasteiger partial charge in [0, 0.05) is 0 Å². The van der Waals surface area contributed by atoms with E-state index in [9.17, 15) is 4.79 Å². The van der Waals surface area contributed by atoms with Crippen molar-refractivity contribution < 1.29 is 9.63 Å². The van der Waals surface area contributed by atoms with Crippen LogP contribution in [-0.2, 0) is 9.63 Å². The van der Waals surface area contributed by atoms with Gasteiger partial charge in [-0.15, -0.1) is 4.84 Å². The van der Waals surface area contributed by atoms with Crippen molar-refractivity contribution in [2.24, 2.45) is 0 Å². The van der Waals surface area contributed by atoms with Crippen molar-refractivity contribution in [3.8, 4) is 0 Å². The molecule has 0 aromatic carbocycles. The Bertz CT molecular complexity index is 103. The third-order valence-corrected chi connectivity index (χ3v) is 0.436. The Balaban J connectivity index is 3.23. The van der Waals surface area contributed by atoms with Gasteiger partial charge in [0.2, 0.25) is 0 Å². The summed E-state index contributed by atoms with van der Waals surface area (Å²) in [6.07, 6.45) is 0.266. The van der Waals surface area contributed by atoms with Crippen molar-refractivity contribution in [2.45, 2.75) is 13.3 Å². The fourth-order valence-corrected chi connectivity index (χ4v) is 0.115. The van der Waals surface area contributed by atoms with Gasteiger partial charge in [-0.1, -0.05) is 6.92 Å². The van der Waals surface area contributed by atoms with E-state index in [0.717, 1.165) is 0 Å². The van der Waals surface area contributed by atoms with E-state index < -0.39 is 5.97 Å². The second kappa shape index (κ2) is 3.16. The molecule has 38 valence electrons. The lowest BCUT2D eigenvalue weighted by molar-refractivity contribution is -0.137. The monoisotopic (exact) mass is 99.0 g/mol. The zero-order valence-electron chi connectivity index (χ0n) is 3.97. The molecule has 0 aliphatic rings. The van der Waals surface area contributed by atoms with E-state index >= 15 is 0 Å². The number of hydrogen-bond acceptors (Lipinski definition) is 2. The third-order valence-electron chi connectivity index (χ3n) is 0.436. The number of carbonyl (C=O) groups excluding carboxylic acids is 1. The van der Waals surface area contributed by atoms with Crippen LogP contribution in [0, 0.1) is 6.57 Å². The predicted molar refractivity (Wildman–Crippen MR) is 23.0 cm³/mol. The van der Waals surface area contributed by atoms with Gasteiger partial charge < -0.3 is 0 Å². The maximum Gasteiger partial charge on any atom is 0.395 e. The summed E-state index contributed by atoms with van der Waals surface area (Å²) in [5, 5.41) is 2.41. The smallest absolute Gasteiger partial charge is 0.243 e. The summed E-state index contributed by atoms with van der Waals surface area (Å²) < 4.78 is 0. The molecule has 0 saturated heterocycles. The molecule has 0 fully saturated rings. The lowest BCUT2D eigenvalue weighted by atomic mass is 10.5. The standard InChI is InChI=1S/C4H5NO2/c1-3-4(6)7-5-2/h3H2,1H3. The van der Waals surface area contributed by atoms with Crippen LogP contribution in [0.25, 0.3) is 5.01 Å². The van der Waals surface area contributed by atoms with Gasteiger partial charge in [0.1, 0.15) is 0 Å². The largest absolute Gasteiger partial charge is 0.395 e. The molecule has 0 aromatic rings. The van der Waals surface area contributed by atoms with Crippen molar-refractivity contribution in [3.63, 3.8) is 0 Å². The second-order valence-corrected chi connectivity index (χ2v) is 0.908. The molecule has 0 radical (unpaired) electrons. The Labute approximate surface area is 41.7 Å². The Morgan fingerprint density at radius 2 is 2.57 bits per heavy atom. The first-order chi connectivity index (χ1) is 3.31. The fourth-order valence-electron chi connectivity index (χ4n) is 0.115. The highest BCUT2D eigenvalue weighted by molar-refractivity contribution is 5.69. The van der Waals surface area contributed by atoms with Gasteiger partial charge in [-0.2, -0.15) is 6.57 Å². The summed E-state index contributed by atoms with van der Waals surface area (Å²) in [4.78, 5) is 13.8. The van der Waals surface area contributed by atoms with Crippen LogP contribution in [0.15, 0.2) is 0 Å². The molecule has 0 spiro atoms. The first kappa shape index (κ1) is 5.96. The van der Waals surface area contributed by atoms with E-state index in [1.807, 2.05) is 0 Å². The molecule has 0 rings (SSSR count). The maximum absolute atomic E-state index is 9.98. The minimum atomic E-state index is -0.477. The highest BCUT2D eigenvalue weighted by Gasteiger charge is 1.97. The molecular weight excluding hydrogens is 94.0 g/mol. The van der Waals surface area contributed by atoms with E-state index in [1.165, 1.54) is 0 Å². The molecule has 0 atom stereocenters. The molecule has 0 saturated carbocycles. The minimum absolute atomic E-state index is 0.266.